The Kier molecular flexibility index (Phi) is 2.83. The van der Waals surface area contributed by atoms with E-state index in [2.05, 4.69) is 10.6 Å². The molecule has 0 unspecified atom stereocenters. The maximum absolute atomic E-state index is 12.1. The van der Waals surface area contributed by atoms with Crippen molar-refractivity contribution in [2.75, 3.05) is 19.8 Å². The molecule has 0 atom stereocenters. The van der Waals surface area contributed by atoms with E-state index in [-0.39, 0.29) is 6.67 Å². The molecule has 1 aliphatic rings. The molecule has 1 heterocycles. The molecule has 0 amide bonds. The summed E-state index contributed by atoms with van der Waals surface area (Å²) in [6.45, 7) is -0.719. The lowest BCUT2D eigenvalue weighted by Crippen LogP contribution is -2.66. The van der Waals surface area contributed by atoms with E-state index in [0.29, 0.717) is 0 Å². The molecule has 0 bridgehead atoms. The van der Waals surface area contributed by atoms with E-state index >= 15 is 0 Å². The zero-order valence-electron chi connectivity index (χ0n) is 6.03. The maximum Gasteiger partial charge on any atom is 0.220 e. The first-order chi connectivity index (χ1) is 5.59. The zero-order valence-corrected chi connectivity index (χ0v) is 6.03. The average molecular weight is 188 g/mol. The summed E-state index contributed by atoms with van der Waals surface area (Å²) in [5.74, 6) is 0. The molecule has 0 spiro atoms. The SMILES string of the molecule is FN(F)C1(N(F)F)CNCNC1. The molecular formula is C4H8F4N4. The molecule has 1 aliphatic heterocycles. The smallest absolute Gasteiger partial charge is 0.220 e. The Morgan fingerprint density at radius 1 is 0.917 bits per heavy atom. The van der Waals surface area contributed by atoms with E-state index in [9.17, 15) is 17.9 Å². The third-order valence-corrected chi connectivity index (χ3v) is 1.70. The molecular weight excluding hydrogens is 180 g/mol. The Morgan fingerprint density at radius 2 is 1.33 bits per heavy atom. The highest BCUT2D eigenvalue weighted by Crippen LogP contribution is 2.23. The second-order valence-electron chi connectivity index (χ2n) is 2.48. The normalized spacial score (nSPS) is 23.5. The van der Waals surface area contributed by atoms with Crippen molar-refractivity contribution in [2.45, 2.75) is 5.66 Å². The standard InChI is InChI=1S/C4H8F4N4/c5-11(6)4(12(7)8)1-9-3-10-2-4/h9-10H,1-3H2. The van der Waals surface area contributed by atoms with Crippen molar-refractivity contribution >= 4 is 0 Å². The van der Waals surface area contributed by atoms with Crippen LogP contribution in [0.25, 0.3) is 0 Å². The Bertz CT molecular complexity index is 136. The van der Waals surface area contributed by atoms with Gasteiger partial charge in [-0.1, -0.05) is 17.9 Å². The minimum atomic E-state index is -2.54. The van der Waals surface area contributed by atoms with Gasteiger partial charge in [-0.15, -0.1) is 0 Å². The van der Waals surface area contributed by atoms with Crippen LogP contribution >= 0.6 is 0 Å². The van der Waals surface area contributed by atoms with E-state index in [4.69, 9.17) is 0 Å². The Balaban J connectivity index is 2.70. The van der Waals surface area contributed by atoms with Crippen LogP contribution in [0.1, 0.15) is 0 Å². The molecule has 0 radical (unpaired) electrons. The van der Waals surface area contributed by atoms with Crippen LogP contribution in [0, 0.1) is 0 Å². The van der Waals surface area contributed by atoms with Crippen LogP contribution in [-0.2, 0) is 0 Å². The molecule has 8 heteroatoms. The predicted octanol–water partition coefficient (Wildman–Crippen LogP) is -0.0250. The number of hydrogen-bond donors (Lipinski definition) is 2. The highest BCUT2D eigenvalue weighted by atomic mass is 19.4. The van der Waals surface area contributed by atoms with Gasteiger partial charge in [-0.2, -0.15) is 0 Å². The van der Waals surface area contributed by atoms with Gasteiger partial charge < -0.3 is 10.6 Å². The fourth-order valence-corrected chi connectivity index (χ4v) is 0.972. The molecule has 0 aromatic rings. The third-order valence-electron chi connectivity index (χ3n) is 1.70. The zero-order chi connectivity index (χ0) is 9.19. The van der Waals surface area contributed by atoms with E-state index in [1.807, 2.05) is 0 Å². The van der Waals surface area contributed by atoms with Gasteiger partial charge >= 0.3 is 0 Å². The second kappa shape index (κ2) is 3.52. The van der Waals surface area contributed by atoms with Gasteiger partial charge in [-0.25, -0.2) is 0 Å². The van der Waals surface area contributed by atoms with Gasteiger partial charge in [0.15, 0.2) is 0 Å². The van der Waals surface area contributed by atoms with Crippen LogP contribution < -0.4 is 10.6 Å². The Hall–Kier alpha value is -0.440. The average Bonchev–Trinajstić information content (AvgIpc) is 2.05. The molecule has 1 saturated heterocycles. The summed E-state index contributed by atoms with van der Waals surface area (Å²) in [5, 5.41) is 1.78. The third kappa shape index (κ3) is 1.51. The minimum Gasteiger partial charge on any atom is -0.301 e. The van der Waals surface area contributed by atoms with Crippen LogP contribution in [0.5, 0.6) is 0 Å². The highest BCUT2D eigenvalue weighted by molar-refractivity contribution is 4.86. The maximum atomic E-state index is 12.1. The first kappa shape index (κ1) is 9.65. The van der Waals surface area contributed by atoms with Gasteiger partial charge in [-0.3, -0.25) is 0 Å². The van der Waals surface area contributed by atoms with Gasteiger partial charge in [0.05, 0.1) is 0 Å². The molecule has 0 aromatic heterocycles. The van der Waals surface area contributed by atoms with E-state index in [1.54, 1.807) is 0 Å². The van der Waals surface area contributed by atoms with Crippen LogP contribution in [0.3, 0.4) is 0 Å². The lowest BCUT2D eigenvalue weighted by atomic mass is 10.1. The van der Waals surface area contributed by atoms with E-state index in [1.165, 1.54) is 0 Å². The van der Waals surface area contributed by atoms with Crippen molar-refractivity contribution in [1.82, 2.24) is 21.3 Å². The Morgan fingerprint density at radius 3 is 1.58 bits per heavy atom. The van der Waals surface area contributed by atoms with Crippen molar-refractivity contribution in [2.24, 2.45) is 0 Å². The van der Waals surface area contributed by atoms with Crippen molar-refractivity contribution in [3.8, 4) is 0 Å². The van der Waals surface area contributed by atoms with Crippen molar-refractivity contribution in [3.63, 3.8) is 0 Å². The van der Waals surface area contributed by atoms with Crippen LogP contribution in [0.15, 0.2) is 0 Å². The topological polar surface area (TPSA) is 30.5 Å². The van der Waals surface area contributed by atoms with Gasteiger partial charge in [0.1, 0.15) is 0 Å². The predicted molar refractivity (Wildman–Crippen MR) is 31.7 cm³/mol. The Labute approximate surface area is 65.9 Å². The van der Waals surface area contributed by atoms with E-state index < -0.39 is 29.4 Å². The number of hydrogen-bond acceptors (Lipinski definition) is 4. The van der Waals surface area contributed by atoms with Crippen LogP contribution in [-0.4, -0.2) is 36.1 Å². The molecule has 2 N–H and O–H groups in total. The monoisotopic (exact) mass is 188 g/mol. The lowest BCUT2D eigenvalue weighted by Gasteiger charge is -2.36. The molecule has 0 saturated carbocycles. The molecule has 1 fully saturated rings. The van der Waals surface area contributed by atoms with Crippen molar-refractivity contribution < 1.29 is 17.9 Å². The number of nitrogens with zero attached hydrogens (tertiary/aromatic N) is 2. The first-order valence-electron chi connectivity index (χ1n) is 3.24. The summed E-state index contributed by atoms with van der Waals surface area (Å²) in [7, 11) is 0. The summed E-state index contributed by atoms with van der Waals surface area (Å²) in [6.07, 6.45) is 0. The molecule has 72 valence electrons. The quantitative estimate of drug-likeness (QED) is 0.362. The highest BCUT2D eigenvalue weighted by Gasteiger charge is 2.48. The van der Waals surface area contributed by atoms with Gasteiger partial charge in [-0.05, 0) is 0 Å². The largest absolute Gasteiger partial charge is 0.301 e. The molecule has 1 rings (SSSR count). The van der Waals surface area contributed by atoms with Crippen molar-refractivity contribution in [1.29, 1.82) is 0 Å². The summed E-state index contributed by atoms with van der Waals surface area (Å²) in [6, 6.07) is 0. The lowest BCUT2D eigenvalue weighted by molar-refractivity contribution is -0.370. The number of halogens is 4. The minimum absolute atomic E-state index is 0.253. The summed E-state index contributed by atoms with van der Waals surface area (Å²) >= 11 is 0. The fourth-order valence-electron chi connectivity index (χ4n) is 0.972. The van der Waals surface area contributed by atoms with Gasteiger partial charge in [0.25, 0.3) is 0 Å². The molecule has 12 heavy (non-hydrogen) atoms. The number of nitrogens with one attached hydrogen (secondary N) is 2. The first-order valence-corrected chi connectivity index (χ1v) is 3.24. The van der Waals surface area contributed by atoms with E-state index in [0.717, 1.165) is 0 Å². The van der Waals surface area contributed by atoms with Crippen LogP contribution in [0.2, 0.25) is 0 Å². The fraction of sp³-hybridized carbons (Fsp3) is 1.00. The van der Waals surface area contributed by atoms with Gasteiger partial charge in [0, 0.05) is 30.4 Å². The summed E-state index contributed by atoms with van der Waals surface area (Å²) in [4.78, 5) is 0. The molecule has 0 aliphatic carbocycles. The molecule has 4 nitrogen and oxygen atoms in total. The molecule has 0 aromatic carbocycles. The second-order valence-corrected chi connectivity index (χ2v) is 2.48. The van der Waals surface area contributed by atoms with Gasteiger partial charge in [0.2, 0.25) is 5.66 Å². The van der Waals surface area contributed by atoms with Crippen LogP contribution in [0.4, 0.5) is 17.9 Å². The summed E-state index contributed by atoms with van der Waals surface area (Å²) < 4.78 is 48.2. The number of rotatable bonds is 2. The van der Waals surface area contributed by atoms with Crippen molar-refractivity contribution in [3.05, 3.63) is 0 Å². The summed E-state index contributed by atoms with van der Waals surface area (Å²) in [5.41, 5.74) is -2.54.